The van der Waals surface area contributed by atoms with E-state index in [4.69, 9.17) is 4.42 Å². The number of thioether (sulfide) groups is 1. The van der Waals surface area contributed by atoms with Gasteiger partial charge in [-0.2, -0.15) is 0 Å². The predicted octanol–water partition coefficient (Wildman–Crippen LogP) is 1.86. The highest BCUT2D eigenvalue weighted by Crippen LogP contribution is 2.27. The third-order valence-electron chi connectivity index (χ3n) is 3.86. The zero-order chi connectivity index (χ0) is 16.9. The number of nitrogens with zero attached hydrogens (tertiary/aromatic N) is 4. The zero-order valence-electron chi connectivity index (χ0n) is 13.9. The molecule has 0 unspecified atom stereocenters. The Morgan fingerprint density at radius 2 is 2.00 bits per heavy atom. The van der Waals surface area contributed by atoms with Crippen LogP contribution in [-0.4, -0.2) is 60.0 Å². The summed E-state index contributed by atoms with van der Waals surface area (Å²) in [5.74, 6) is 0.648. The van der Waals surface area contributed by atoms with E-state index in [0.717, 1.165) is 37.6 Å². The summed E-state index contributed by atoms with van der Waals surface area (Å²) in [4.78, 5) is 16.8. The molecule has 1 saturated heterocycles. The summed E-state index contributed by atoms with van der Waals surface area (Å²) in [6, 6.07) is 7.92. The van der Waals surface area contributed by atoms with E-state index >= 15 is 0 Å². The monoisotopic (exact) mass is 347 g/mol. The van der Waals surface area contributed by atoms with E-state index in [0.29, 0.717) is 11.1 Å². The Labute approximate surface area is 145 Å². The topological polar surface area (TPSA) is 74.5 Å². The van der Waals surface area contributed by atoms with E-state index in [-0.39, 0.29) is 11.7 Å². The lowest BCUT2D eigenvalue weighted by Gasteiger charge is -2.35. The lowest BCUT2D eigenvalue weighted by atomic mass is 10.2. The molecule has 0 atom stereocenters. The van der Waals surface area contributed by atoms with Gasteiger partial charge in [0.25, 0.3) is 5.22 Å². The molecule has 1 amide bonds. The van der Waals surface area contributed by atoms with Crippen molar-refractivity contribution in [2.45, 2.75) is 12.1 Å². The van der Waals surface area contributed by atoms with Gasteiger partial charge in [-0.25, -0.2) is 0 Å². The number of benzene rings is 1. The number of likely N-dealkylation sites (N-methyl/N-ethyl adjacent to an activating group) is 1. The van der Waals surface area contributed by atoms with Gasteiger partial charge in [-0.1, -0.05) is 23.9 Å². The van der Waals surface area contributed by atoms with Crippen molar-refractivity contribution in [3.05, 3.63) is 30.2 Å². The van der Waals surface area contributed by atoms with Crippen LogP contribution in [0.2, 0.25) is 0 Å². The molecule has 8 heteroatoms. The Morgan fingerprint density at radius 3 is 2.71 bits per heavy atom. The highest BCUT2D eigenvalue weighted by atomic mass is 32.2. The fraction of sp³-hybridized carbons (Fsp3) is 0.438. The van der Waals surface area contributed by atoms with Crippen LogP contribution in [0.25, 0.3) is 0 Å². The Balaban J connectivity index is 1.61. The third kappa shape index (κ3) is 4.27. The van der Waals surface area contributed by atoms with E-state index < -0.39 is 0 Å². The van der Waals surface area contributed by atoms with Crippen LogP contribution in [0.4, 0.5) is 11.4 Å². The van der Waals surface area contributed by atoms with Crippen molar-refractivity contribution in [2.24, 2.45) is 0 Å². The van der Waals surface area contributed by atoms with Crippen LogP contribution in [-0.2, 0) is 4.79 Å². The number of aryl methyl sites for hydroxylation is 1. The second kappa shape index (κ2) is 7.67. The van der Waals surface area contributed by atoms with Gasteiger partial charge < -0.3 is 19.5 Å². The highest BCUT2D eigenvalue weighted by molar-refractivity contribution is 7.99. The van der Waals surface area contributed by atoms with Crippen molar-refractivity contribution in [1.29, 1.82) is 0 Å². The summed E-state index contributed by atoms with van der Waals surface area (Å²) >= 11 is 1.24. The predicted molar refractivity (Wildman–Crippen MR) is 94.5 cm³/mol. The van der Waals surface area contributed by atoms with Crippen molar-refractivity contribution in [3.8, 4) is 0 Å². The molecule has 0 spiro atoms. The van der Waals surface area contributed by atoms with Crippen molar-refractivity contribution in [2.75, 3.05) is 49.2 Å². The number of carbonyl (C=O) groups excluding carboxylic acids is 1. The number of hydrogen-bond donors (Lipinski definition) is 1. The Bertz CT molecular complexity index is 697. The second-order valence-corrected chi connectivity index (χ2v) is 6.66. The van der Waals surface area contributed by atoms with Crippen LogP contribution < -0.4 is 10.2 Å². The molecule has 1 N–H and O–H groups in total. The minimum absolute atomic E-state index is 0.0857. The first-order valence-electron chi connectivity index (χ1n) is 7.87. The van der Waals surface area contributed by atoms with Crippen LogP contribution in [0.3, 0.4) is 0 Å². The van der Waals surface area contributed by atoms with Gasteiger partial charge in [0.05, 0.1) is 17.1 Å². The number of anilines is 2. The molecule has 0 radical (unpaired) electrons. The lowest BCUT2D eigenvalue weighted by molar-refractivity contribution is -0.113. The average Bonchev–Trinajstić information content (AvgIpc) is 3.00. The van der Waals surface area contributed by atoms with E-state index in [1.54, 1.807) is 6.92 Å². The third-order valence-corrected chi connectivity index (χ3v) is 4.67. The minimum atomic E-state index is -0.0857. The quantitative estimate of drug-likeness (QED) is 0.828. The first kappa shape index (κ1) is 16.8. The van der Waals surface area contributed by atoms with Crippen molar-refractivity contribution in [3.63, 3.8) is 0 Å². The molecule has 2 aromatic rings. The fourth-order valence-electron chi connectivity index (χ4n) is 2.55. The lowest BCUT2D eigenvalue weighted by Crippen LogP contribution is -2.44. The summed E-state index contributed by atoms with van der Waals surface area (Å²) in [5.41, 5.74) is 1.91. The minimum Gasteiger partial charge on any atom is -0.416 e. The van der Waals surface area contributed by atoms with Crippen LogP contribution in [0.1, 0.15) is 5.89 Å². The normalized spacial score (nSPS) is 15.5. The molecule has 1 aliphatic rings. The van der Waals surface area contributed by atoms with Crippen molar-refractivity contribution < 1.29 is 9.21 Å². The molecule has 1 aromatic carbocycles. The van der Waals surface area contributed by atoms with Gasteiger partial charge in [-0.3, -0.25) is 4.79 Å². The molecule has 3 rings (SSSR count). The smallest absolute Gasteiger partial charge is 0.277 e. The number of amides is 1. The number of hydrogen-bond acceptors (Lipinski definition) is 7. The molecule has 24 heavy (non-hydrogen) atoms. The number of piperazine rings is 1. The summed E-state index contributed by atoms with van der Waals surface area (Å²) in [5, 5.41) is 11.0. The molecule has 0 bridgehead atoms. The molecule has 1 fully saturated rings. The largest absolute Gasteiger partial charge is 0.416 e. The fourth-order valence-corrected chi connectivity index (χ4v) is 3.16. The van der Waals surface area contributed by atoms with Crippen LogP contribution in [0.15, 0.2) is 33.9 Å². The standard InChI is InChI=1S/C16H21N5O2S/c1-12-18-19-16(23-12)24-11-15(22)17-13-5-3-4-6-14(13)21-9-7-20(2)8-10-21/h3-6H,7-11H2,1-2H3,(H,17,22). The van der Waals surface area contributed by atoms with Gasteiger partial charge in [0.15, 0.2) is 0 Å². The maximum atomic E-state index is 12.2. The Kier molecular flexibility index (Phi) is 5.37. The number of carbonyl (C=O) groups is 1. The van der Waals surface area contributed by atoms with Crippen LogP contribution in [0.5, 0.6) is 0 Å². The van der Waals surface area contributed by atoms with Crippen molar-refractivity contribution in [1.82, 2.24) is 15.1 Å². The molecule has 7 nitrogen and oxygen atoms in total. The highest BCUT2D eigenvalue weighted by Gasteiger charge is 2.18. The second-order valence-electron chi connectivity index (χ2n) is 5.73. The summed E-state index contributed by atoms with van der Waals surface area (Å²) in [6.45, 7) is 5.69. The Hall–Kier alpha value is -2.06. The first-order chi connectivity index (χ1) is 11.6. The number of rotatable bonds is 5. The molecule has 0 aliphatic carbocycles. The van der Waals surface area contributed by atoms with Gasteiger partial charge in [0.1, 0.15) is 0 Å². The Morgan fingerprint density at radius 1 is 1.25 bits per heavy atom. The van der Waals surface area contributed by atoms with Gasteiger partial charge in [-0.15, -0.1) is 10.2 Å². The van der Waals surface area contributed by atoms with Gasteiger partial charge in [0.2, 0.25) is 11.8 Å². The molecular weight excluding hydrogens is 326 g/mol. The van der Waals surface area contributed by atoms with E-state index in [1.807, 2.05) is 18.2 Å². The maximum Gasteiger partial charge on any atom is 0.277 e. The summed E-state index contributed by atoms with van der Waals surface area (Å²) in [6.07, 6.45) is 0. The molecule has 2 heterocycles. The van der Waals surface area contributed by atoms with E-state index in [2.05, 4.69) is 38.4 Å². The number of nitrogens with one attached hydrogen (secondary N) is 1. The molecule has 1 aliphatic heterocycles. The van der Waals surface area contributed by atoms with Gasteiger partial charge >= 0.3 is 0 Å². The zero-order valence-corrected chi connectivity index (χ0v) is 14.7. The first-order valence-corrected chi connectivity index (χ1v) is 8.85. The summed E-state index contributed by atoms with van der Waals surface area (Å²) in [7, 11) is 2.13. The van der Waals surface area contributed by atoms with E-state index in [1.165, 1.54) is 11.8 Å². The van der Waals surface area contributed by atoms with Crippen LogP contribution in [0, 0.1) is 6.92 Å². The van der Waals surface area contributed by atoms with Gasteiger partial charge in [-0.05, 0) is 19.2 Å². The SMILES string of the molecule is Cc1nnc(SCC(=O)Nc2ccccc2N2CCN(C)CC2)o1. The molecule has 1 aromatic heterocycles. The van der Waals surface area contributed by atoms with E-state index in [9.17, 15) is 4.79 Å². The maximum absolute atomic E-state index is 12.2. The molecule has 128 valence electrons. The van der Waals surface area contributed by atoms with Crippen LogP contribution >= 0.6 is 11.8 Å². The average molecular weight is 347 g/mol. The summed E-state index contributed by atoms with van der Waals surface area (Å²) < 4.78 is 5.26. The van der Waals surface area contributed by atoms with Crippen molar-refractivity contribution >= 4 is 29.0 Å². The van der Waals surface area contributed by atoms with Gasteiger partial charge in [0, 0.05) is 33.1 Å². The molecule has 0 saturated carbocycles. The number of para-hydroxylation sites is 2. The number of aromatic nitrogens is 2. The molecular formula is C16H21N5O2S.